The van der Waals surface area contributed by atoms with Gasteiger partial charge in [0, 0.05) is 0 Å². The molecule has 0 radical (unpaired) electrons. The van der Waals surface area contributed by atoms with Crippen LogP contribution in [0.25, 0.3) is 0 Å². The van der Waals surface area contributed by atoms with Crippen LogP contribution in [0.1, 0.15) is 11.1 Å². The third-order valence-corrected chi connectivity index (χ3v) is 1.94. The molecule has 0 spiro atoms. The van der Waals surface area contributed by atoms with Crippen LogP contribution in [0, 0.1) is 23.3 Å². The van der Waals surface area contributed by atoms with E-state index in [-0.39, 0.29) is 0 Å². The van der Waals surface area contributed by atoms with Crippen molar-refractivity contribution in [2.45, 2.75) is 13.2 Å². The average molecular weight is 192 g/mol. The Bertz CT molecular complexity index is 311. The van der Waals surface area contributed by atoms with Gasteiger partial charge in [-0.1, -0.05) is 0 Å². The zero-order valence-electron chi connectivity index (χ0n) is 6.33. The number of hydrogen-bond acceptors (Lipinski definition) is 1. The van der Waals surface area contributed by atoms with E-state index >= 15 is 0 Å². The minimum atomic E-state index is -1.36. The molecule has 1 aromatic carbocycles. The summed E-state index contributed by atoms with van der Waals surface area (Å²) in [6.45, 7) is -0.885. The van der Waals surface area contributed by atoms with Crippen molar-refractivity contribution in [1.29, 1.82) is 0 Å². The van der Waals surface area contributed by atoms with E-state index in [9.17, 15) is 17.6 Å². The maximum atomic E-state index is 12.9. The molecule has 2 heterocycles. The van der Waals surface area contributed by atoms with E-state index in [0.29, 0.717) is 0 Å². The summed E-state index contributed by atoms with van der Waals surface area (Å²) in [7, 11) is 0. The Morgan fingerprint density at radius 1 is 0.692 bits per heavy atom. The van der Waals surface area contributed by atoms with Crippen LogP contribution in [0.15, 0.2) is 0 Å². The highest BCUT2D eigenvalue weighted by atomic mass is 19.2. The molecule has 0 amide bonds. The molecule has 13 heavy (non-hydrogen) atoms. The summed E-state index contributed by atoms with van der Waals surface area (Å²) < 4.78 is 56.2. The molecule has 2 bridgehead atoms. The van der Waals surface area contributed by atoms with Crippen molar-refractivity contribution < 1.29 is 22.3 Å². The summed E-state index contributed by atoms with van der Waals surface area (Å²) in [6.07, 6.45) is 0. The molecule has 0 N–H and O–H groups in total. The Hall–Kier alpha value is -1.10. The topological polar surface area (TPSA) is 9.23 Å². The van der Waals surface area contributed by atoms with Gasteiger partial charge in [-0.05, 0) is 0 Å². The standard InChI is InChI=1S/C8H4F4O/c9-5-3-1-13-2-4(7(5)11)8(12)6(3)10/h1-2H2. The molecule has 0 saturated carbocycles. The third-order valence-electron chi connectivity index (χ3n) is 1.94. The Labute approximate surface area is 70.9 Å². The Balaban J connectivity index is 2.82. The Morgan fingerprint density at radius 2 is 1.00 bits per heavy atom. The molecule has 2 aliphatic rings. The number of rotatable bonds is 0. The highest BCUT2D eigenvalue weighted by Gasteiger charge is 2.28. The minimum absolute atomic E-state index is 0.442. The van der Waals surface area contributed by atoms with Gasteiger partial charge in [0.1, 0.15) is 0 Å². The Kier molecular flexibility index (Phi) is 1.76. The van der Waals surface area contributed by atoms with Crippen LogP contribution in [0.3, 0.4) is 0 Å². The molecule has 2 aliphatic heterocycles. The maximum Gasteiger partial charge on any atom is 0.167 e. The number of benzene rings is 1. The summed E-state index contributed by atoms with van der Waals surface area (Å²) in [5, 5.41) is 0. The van der Waals surface area contributed by atoms with Gasteiger partial charge in [-0.15, -0.1) is 0 Å². The summed E-state index contributed by atoms with van der Waals surface area (Å²) >= 11 is 0. The van der Waals surface area contributed by atoms with Crippen molar-refractivity contribution in [2.75, 3.05) is 0 Å². The Morgan fingerprint density at radius 3 is 1.31 bits per heavy atom. The van der Waals surface area contributed by atoms with Crippen molar-refractivity contribution in [2.24, 2.45) is 0 Å². The zero-order chi connectivity index (χ0) is 9.59. The zero-order valence-corrected chi connectivity index (χ0v) is 6.33. The minimum Gasteiger partial charge on any atom is -0.372 e. The predicted octanol–water partition coefficient (Wildman–Crippen LogP) is 2.27. The quantitative estimate of drug-likeness (QED) is 0.452. The molecule has 0 fully saturated rings. The van der Waals surface area contributed by atoms with Gasteiger partial charge in [0.2, 0.25) is 0 Å². The van der Waals surface area contributed by atoms with Crippen molar-refractivity contribution >= 4 is 0 Å². The normalized spacial score (nSPS) is 14.8. The fraction of sp³-hybridized carbons (Fsp3) is 0.250. The van der Waals surface area contributed by atoms with Gasteiger partial charge in [0.25, 0.3) is 0 Å². The van der Waals surface area contributed by atoms with Gasteiger partial charge in [-0.2, -0.15) is 0 Å². The SMILES string of the molecule is Fc1c(F)c2c(F)c(F)c1COC2. The number of hydrogen-bond donors (Lipinski definition) is 0. The van der Waals surface area contributed by atoms with E-state index in [1.54, 1.807) is 0 Å². The molecule has 0 aromatic heterocycles. The summed E-state index contributed by atoms with van der Waals surface area (Å²) in [6, 6.07) is 0. The highest BCUT2D eigenvalue weighted by molar-refractivity contribution is 5.30. The van der Waals surface area contributed by atoms with Crippen LogP contribution in [-0.4, -0.2) is 0 Å². The lowest BCUT2D eigenvalue weighted by Gasteiger charge is -2.03. The monoisotopic (exact) mass is 192 g/mol. The van der Waals surface area contributed by atoms with Gasteiger partial charge in [0.15, 0.2) is 23.3 Å². The molecule has 1 aromatic rings. The molecule has 0 aliphatic carbocycles. The first-order valence-corrected chi connectivity index (χ1v) is 3.54. The van der Waals surface area contributed by atoms with Crippen LogP contribution in [0.4, 0.5) is 17.6 Å². The van der Waals surface area contributed by atoms with Gasteiger partial charge in [0.05, 0.1) is 24.3 Å². The molecule has 0 atom stereocenters. The lowest BCUT2D eigenvalue weighted by atomic mass is 10.1. The number of ether oxygens (including phenoxy) is 1. The molecule has 0 saturated heterocycles. The number of fused-ring (bicyclic) bond motifs is 4. The fourth-order valence-electron chi connectivity index (χ4n) is 1.23. The lowest BCUT2D eigenvalue weighted by Crippen LogP contribution is -2.03. The molecule has 3 rings (SSSR count). The smallest absolute Gasteiger partial charge is 0.167 e. The van der Waals surface area contributed by atoms with Gasteiger partial charge in [-0.25, -0.2) is 17.6 Å². The van der Waals surface area contributed by atoms with E-state index in [1.807, 2.05) is 0 Å². The second-order valence-corrected chi connectivity index (χ2v) is 2.71. The van der Waals surface area contributed by atoms with Crippen LogP contribution in [0.2, 0.25) is 0 Å². The fourth-order valence-corrected chi connectivity index (χ4v) is 1.23. The summed E-state index contributed by atoms with van der Waals surface area (Å²) in [5.74, 6) is -5.42. The van der Waals surface area contributed by atoms with Gasteiger partial charge < -0.3 is 4.74 Å². The van der Waals surface area contributed by atoms with E-state index in [4.69, 9.17) is 0 Å². The summed E-state index contributed by atoms with van der Waals surface area (Å²) in [5.41, 5.74) is -1.37. The molecule has 0 unspecified atom stereocenters. The van der Waals surface area contributed by atoms with E-state index < -0.39 is 47.6 Å². The van der Waals surface area contributed by atoms with Crippen LogP contribution in [-0.2, 0) is 18.0 Å². The molecule has 70 valence electrons. The second-order valence-electron chi connectivity index (χ2n) is 2.71. The van der Waals surface area contributed by atoms with Crippen molar-refractivity contribution in [1.82, 2.24) is 0 Å². The van der Waals surface area contributed by atoms with Crippen molar-refractivity contribution in [3.63, 3.8) is 0 Å². The number of halogens is 4. The van der Waals surface area contributed by atoms with Gasteiger partial charge in [-0.3, -0.25) is 0 Å². The van der Waals surface area contributed by atoms with Crippen LogP contribution >= 0.6 is 0 Å². The first-order chi connectivity index (χ1) is 6.13. The molecule has 1 nitrogen and oxygen atoms in total. The molecular formula is C8H4F4O. The molecular weight excluding hydrogens is 188 g/mol. The lowest BCUT2D eigenvalue weighted by molar-refractivity contribution is 0.107. The second kappa shape index (κ2) is 2.70. The maximum absolute atomic E-state index is 12.9. The largest absolute Gasteiger partial charge is 0.372 e. The van der Waals surface area contributed by atoms with Crippen LogP contribution < -0.4 is 0 Å². The average Bonchev–Trinajstić information content (AvgIpc) is 2.33. The first kappa shape index (κ1) is 8.50. The highest BCUT2D eigenvalue weighted by Crippen LogP contribution is 2.28. The van der Waals surface area contributed by atoms with Crippen molar-refractivity contribution in [3.05, 3.63) is 34.4 Å². The van der Waals surface area contributed by atoms with Gasteiger partial charge >= 0.3 is 0 Å². The predicted molar refractivity (Wildman–Crippen MR) is 34.8 cm³/mol. The van der Waals surface area contributed by atoms with Crippen LogP contribution in [0.5, 0.6) is 0 Å². The van der Waals surface area contributed by atoms with E-state index in [0.717, 1.165) is 0 Å². The van der Waals surface area contributed by atoms with E-state index in [1.165, 1.54) is 0 Å². The molecule has 5 heteroatoms. The van der Waals surface area contributed by atoms with Crippen molar-refractivity contribution in [3.8, 4) is 0 Å². The third kappa shape index (κ3) is 1.03. The first-order valence-electron chi connectivity index (χ1n) is 3.54. The summed E-state index contributed by atoms with van der Waals surface area (Å²) in [4.78, 5) is 0. The van der Waals surface area contributed by atoms with E-state index in [2.05, 4.69) is 4.74 Å².